The largest absolute Gasteiger partial charge is 0.505 e. The maximum Gasteiger partial charge on any atom is 0.280 e. The van der Waals surface area contributed by atoms with Gasteiger partial charge in [0, 0.05) is 21.2 Å². The Morgan fingerprint density at radius 2 is 2.28 bits per heavy atom. The Hall–Kier alpha value is -2.53. The van der Waals surface area contributed by atoms with Gasteiger partial charge in [-0.25, -0.2) is 9.98 Å². The fourth-order valence-electron chi connectivity index (χ4n) is 2.06. The van der Waals surface area contributed by atoms with Gasteiger partial charge in [-0.05, 0) is 0 Å². The number of H-pyrrole nitrogens is 1. The normalized spacial score (nSPS) is 14.0. The Morgan fingerprint density at radius 1 is 1.56 bits per heavy atom. The lowest BCUT2D eigenvalue weighted by Gasteiger charge is -2.18. The van der Waals surface area contributed by atoms with Crippen LogP contribution < -0.4 is 5.56 Å². The molecule has 2 rings (SSSR count). The van der Waals surface area contributed by atoms with Gasteiger partial charge in [0.25, 0.3) is 5.56 Å². The Kier molecular flexibility index (Phi) is 6.04. The Bertz CT molecular complexity index is 851. The topological polar surface area (TPSA) is 118 Å². The highest BCUT2D eigenvalue weighted by atomic mass is 32.1. The Morgan fingerprint density at radius 3 is 2.84 bits per heavy atom. The monoisotopic (exact) mass is 368 g/mol. The van der Waals surface area contributed by atoms with Gasteiger partial charge in [-0.15, -0.1) is 0 Å². The minimum Gasteiger partial charge on any atom is -0.505 e. The van der Waals surface area contributed by atoms with E-state index in [0.717, 1.165) is 0 Å². The fourth-order valence-corrected chi connectivity index (χ4v) is 2.35. The lowest BCUT2D eigenvalue weighted by Crippen LogP contribution is -2.17. The van der Waals surface area contributed by atoms with Gasteiger partial charge >= 0.3 is 0 Å². The second kappa shape index (κ2) is 8.03. The summed E-state index contributed by atoms with van der Waals surface area (Å²) in [6.45, 7) is 0. The number of nitrogens with one attached hydrogen (secondary N) is 1. The number of fused-ring (bicyclic) bond motifs is 1. The molecule has 2 aromatic rings. The maximum absolute atomic E-state index is 12.2. The third kappa shape index (κ3) is 3.94. The number of nitrogens with zero attached hydrogens (tertiary/aromatic N) is 5. The van der Waals surface area contributed by atoms with Gasteiger partial charge in [-0.3, -0.25) is 14.3 Å². The molecule has 136 valence electrons. The molecule has 0 saturated carbocycles. The molecule has 25 heavy (non-hydrogen) atoms. The van der Waals surface area contributed by atoms with Crippen LogP contribution in [0.2, 0.25) is 0 Å². The van der Waals surface area contributed by atoms with Crippen molar-refractivity contribution < 1.29 is 14.6 Å². The van der Waals surface area contributed by atoms with Crippen molar-refractivity contribution in [2.45, 2.75) is 6.23 Å². The first-order valence-corrected chi connectivity index (χ1v) is 7.83. The van der Waals surface area contributed by atoms with E-state index >= 15 is 0 Å². The summed E-state index contributed by atoms with van der Waals surface area (Å²) in [4.78, 5) is 28.8. The van der Waals surface area contributed by atoms with Crippen molar-refractivity contribution in [3.05, 3.63) is 28.2 Å². The molecule has 0 bridgehead atoms. The van der Waals surface area contributed by atoms with E-state index in [9.17, 15) is 9.90 Å². The lowest BCUT2D eigenvalue weighted by atomic mass is 10.3. The van der Waals surface area contributed by atoms with Crippen molar-refractivity contribution >= 4 is 36.1 Å². The predicted octanol–water partition coefficient (Wildman–Crippen LogP) is 0.832. The molecule has 1 atom stereocenters. The molecule has 0 aliphatic heterocycles. The highest BCUT2D eigenvalue weighted by Gasteiger charge is 2.23. The van der Waals surface area contributed by atoms with Crippen LogP contribution in [0.5, 0.6) is 0 Å². The summed E-state index contributed by atoms with van der Waals surface area (Å²) in [6.07, 6.45) is 1.87. The average Bonchev–Trinajstić information content (AvgIpc) is 2.99. The first-order valence-electron chi connectivity index (χ1n) is 7.20. The number of aromatic amines is 1. The predicted molar refractivity (Wildman–Crippen MR) is 96.6 cm³/mol. The number of aliphatic hydroxyl groups is 1. The molecule has 2 heterocycles. The zero-order chi connectivity index (χ0) is 18.6. The number of imidazole rings is 1. The number of hydrogen-bond acceptors (Lipinski definition) is 8. The van der Waals surface area contributed by atoms with Crippen molar-refractivity contribution in [3.63, 3.8) is 0 Å². The SMILES string of the molecule is CO/C(CS)=C(\O)[C@H](OC)n1cnc2c(=O)[nH]c(N=CN(C)C)nc21. The molecule has 0 spiro atoms. The van der Waals surface area contributed by atoms with Gasteiger partial charge < -0.3 is 19.5 Å². The maximum atomic E-state index is 12.2. The number of aromatic nitrogens is 4. The van der Waals surface area contributed by atoms with Crippen LogP contribution in [0.4, 0.5) is 5.95 Å². The second-order valence-corrected chi connectivity index (χ2v) is 5.50. The molecule has 2 N–H and O–H groups in total. The van der Waals surface area contributed by atoms with Gasteiger partial charge in [0.1, 0.15) is 5.76 Å². The third-order valence-electron chi connectivity index (χ3n) is 3.22. The number of rotatable bonds is 7. The van der Waals surface area contributed by atoms with Crippen LogP contribution in [0.3, 0.4) is 0 Å². The molecule has 0 aliphatic carbocycles. The molecule has 0 aliphatic rings. The molecule has 0 fully saturated rings. The third-order valence-corrected chi connectivity index (χ3v) is 3.50. The van der Waals surface area contributed by atoms with E-state index in [1.165, 1.54) is 31.5 Å². The summed E-state index contributed by atoms with van der Waals surface area (Å²) >= 11 is 4.10. The number of methoxy groups -OCH3 is 2. The van der Waals surface area contributed by atoms with E-state index in [0.29, 0.717) is 0 Å². The molecule has 2 aromatic heterocycles. The summed E-state index contributed by atoms with van der Waals surface area (Å²) in [5.41, 5.74) is -0.139. The molecule has 0 saturated heterocycles. The molecular weight excluding hydrogens is 348 g/mol. The van der Waals surface area contributed by atoms with Gasteiger partial charge in [-0.1, -0.05) is 0 Å². The lowest BCUT2D eigenvalue weighted by molar-refractivity contribution is 0.0341. The quantitative estimate of drug-likeness (QED) is 0.287. The summed E-state index contributed by atoms with van der Waals surface area (Å²) in [7, 11) is 6.39. The summed E-state index contributed by atoms with van der Waals surface area (Å²) in [6, 6.07) is 0. The van der Waals surface area contributed by atoms with E-state index in [4.69, 9.17) is 9.47 Å². The van der Waals surface area contributed by atoms with Crippen molar-refractivity contribution in [2.75, 3.05) is 34.1 Å². The van der Waals surface area contributed by atoms with Crippen LogP contribution >= 0.6 is 12.6 Å². The number of aliphatic imine (C=N–C) groups is 1. The molecule has 0 amide bonds. The van der Waals surface area contributed by atoms with E-state index in [1.54, 1.807) is 19.0 Å². The number of thiol groups is 1. The smallest absolute Gasteiger partial charge is 0.280 e. The fraction of sp³-hybridized carbons (Fsp3) is 0.429. The van der Waals surface area contributed by atoms with Crippen LogP contribution in [-0.2, 0) is 9.47 Å². The molecule has 0 unspecified atom stereocenters. The Balaban J connectivity index is 2.61. The molecule has 11 heteroatoms. The molecule has 0 aromatic carbocycles. The standard InChI is InChI=1S/C14H20N6O4S/c1-19(2)6-16-14-17-11-9(12(22)18-14)15-7-20(11)13(24-4)10(21)8(5-25)23-3/h6-7,13,21,25H,5H2,1-4H3,(H,17,18,22)/b10-8-,16-6?/t13-/m0/s1. The van der Waals surface area contributed by atoms with Crippen LogP contribution in [0.15, 0.2) is 27.6 Å². The zero-order valence-corrected chi connectivity index (χ0v) is 15.2. The minimum atomic E-state index is -0.980. The molecular formula is C14H20N6O4S. The number of hydrogen-bond donors (Lipinski definition) is 3. The average molecular weight is 368 g/mol. The molecule has 10 nitrogen and oxygen atoms in total. The van der Waals surface area contributed by atoms with Crippen LogP contribution in [0, 0.1) is 0 Å². The van der Waals surface area contributed by atoms with E-state index < -0.39 is 11.8 Å². The summed E-state index contributed by atoms with van der Waals surface area (Å²) < 4.78 is 11.8. The van der Waals surface area contributed by atoms with Gasteiger partial charge in [0.2, 0.25) is 5.95 Å². The highest BCUT2D eigenvalue weighted by molar-refractivity contribution is 7.80. The van der Waals surface area contributed by atoms with E-state index in [-0.39, 0.29) is 34.4 Å². The van der Waals surface area contributed by atoms with Crippen molar-refractivity contribution in [1.82, 2.24) is 24.4 Å². The van der Waals surface area contributed by atoms with Gasteiger partial charge in [0.15, 0.2) is 23.2 Å². The summed E-state index contributed by atoms with van der Waals surface area (Å²) in [5.74, 6) is 0.307. The number of ether oxygens (including phenoxy) is 2. The van der Waals surface area contributed by atoms with Gasteiger partial charge in [-0.2, -0.15) is 17.6 Å². The first-order chi connectivity index (χ1) is 11.9. The summed E-state index contributed by atoms with van der Waals surface area (Å²) in [5, 5.41) is 10.4. The molecule has 0 radical (unpaired) electrons. The minimum absolute atomic E-state index is 0.100. The zero-order valence-electron chi connectivity index (χ0n) is 14.3. The van der Waals surface area contributed by atoms with Gasteiger partial charge in [0.05, 0.1) is 25.5 Å². The first kappa shape index (κ1) is 18.8. The van der Waals surface area contributed by atoms with E-state index in [2.05, 4.69) is 32.6 Å². The van der Waals surface area contributed by atoms with Crippen LogP contribution in [0.1, 0.15) is 6.23 Å². The van der Waals surface area contributed by atoms with Crippen molar-refractivity contribution in [2.24, 2.45) is 4.99 Å². The second-order valence-electron chi connectivity index (χ2n) is 5.18. The van der Waals surface area contributed by atoms with Crippen molar-refractivity contribution in [3.8, 4) is 0 Å². The van der Waals surface area contributed by atoms with Crippen LogP contribution in [-0.4, -0.2) is 69.9 Å². The highest BCUT2D eigenvalue weighted by Crippen LogP contribution is 2.24. The Labute approximate surface area is 149 Å². The number of aliphatic hydroxyl groups excluding tert-OH is 1. The van der Waals surface area contributed by atoms with E-state index in [1.807, 2.05) is 0 Å². The van der Waals surface area contributed by atoms with Crippen LogP contribution in [0.25, 0.3) is 11.2 Å². The van der Waals surface area contributed by atoms with Crippen molar-refractivity contribution in [1.29, 1.82) is 0 Å².